The summed E-state index contributed by atoms with van der Waals surface area (Å²) in [7, 11) is 0. The third-order valence-corrected chi connectivity index (χ3v) is 2.94. The van der Waals surface area contributed by atoms with Crippen molar-refractivity contribution in [3.63, 3.8) is 0 Å². The first-order valence-corrected chi connectivity index (χ1v) is 7.57. The minimum Gasteiger partial charge on any atom is -0.493 e. The number of carbonyl (C=O) groups excluding carboxylic acids is 1. The maximum absolute atomic E-state index is 11.9. The average Bonchev–Trinajstić information content (AvgIpc) is 2.42. The molecule has 118 valence electrons. The van der Waals surface area contributed by atoms with Gasteiger partial charge >= 0.3 is 0 Å². The zero-order valence-corrected chi connectivity index (χ0v) is 13.4. The number of aliphatic hydroxyl groups is 1. The SMILES string of the molecule is CC(C)COc1ccc(C(=O)NCC(O)CC(C)C)cc1. The highest BCUT2D eigenvalue weighted by Crippen LogP contribution is 2.13. The first-order valence-electron chi connectivity index (χ1n) is 7.57. The smallest absolute Gasteiger partial charge is 0.251 e. The van der Waals surface area contributed by atoms with Crippen LogP contribution in [0.5, 0.6) is 5.75 Å². The highest BCUT2D eigenvalue weighted by Gasteiger charge is 2.10. The molecule has 0 saturated heterocycles. The topological polar surface area (TPSA) is 58.6 Å². The van der Waals surface area contributed by atoms with Crippen LogP contribution >= 0.6 is 0 Å². The summed E-state index contributed by atoms with van der Waals surface area (Å²) in [6.45, 7) is 9.20. The van der Waals surface area contributed by atoms with E-state index < -0.39 is 6.10 Å². The molecule has 0 aliphatic carbocycles. The van der Waals surface area contributed by atoms with Crippen molar-refractivity contribution in [1.82, 2.24) is 5.32 Å². The van der Waals surface area contributed by atoms with E-state index in [0.717, 1.165) is 5.75 Å². The van der Waals surface area contributed by atoms with Gasteiger partial charge in [-0.05, 0) is 42.5 Å². The van der Waals surface area contributed by atoms with E-state index >= 15 is 0 Å². The number of hydrogen-bond donors (Lipinski definition) is 2. The van der Waals surface area contributed by atoms with Gasteiger partial charge in [-0.1, -0.05) is 27.7 Å². The molecule has 1 amide bonds. The van der Waals surface area contributed by atoms with Gasteiger partial charge in [-0.3, -0.25) is 4.79 Å². The predicted molar refractivity (Wildman–Crippen MR) is 84.6 cm³/mol. The lowest BCUT2D eigenvalue weighted by molar-refractivity contribution is 0.0900. The van der Waals surface area contributed by atoms with E-state index in [-0.39, 0.29) is 12.5 Å². The molecule has 1 atom stereocenters. The van der Waals surface area contributed by atoms with Gasteiger partial charge in [0.2, 0.25) is 0 Å². The van der Waals surface area contributed by atoms with Crippen LogP contribution in [0.1, 0.15) is 44.5 Å². The van der Waals surface area contributed by atoms with Gasteiger partial charge in [0.25, 0.3) is 5.91 Å². The van der Waals surface area contributed by atoms with Crippen molar-refractivity contribution in [3.8, 4) is 5.75 Å². The van der Waals surface area contributed by atoms with Gasteiger partial charge in [0, 0.05) is 12.1 Å². The monoisotopic (exact) mass is 293 g/mol. The highest BCUT2D eigenvalue weighted by molar-refractivity contribution is 5.94. The van der Waals surface area contributed by atoms with Crippen molar-refractivity contribution >= 4 is 5.91 Å². The Bertz CT molecular complexity index is 426. The van der Waals surface area contributed by atoms with E-state index in [0.29, 0.717) is 30.4 Å². The molecule has 0 aliphatic rings. The Hall–Kier alpha value is -1.55. The van der Waals surface area contributed by atoms with Gasteiger partial charge in [-0.15, -0.1) is 0 Å². The average molecular weight is 293 g/mol. The minimum atomic E-state index is -0.498. The molecule has 0 fully saturated rings. The van der Waals surface area contributed by atoms with Crippen LogP contribution in [0.2, 0.25) is 0 Å². The van der Waals surface area contributed by atoms with Crippen LogP contribution in [0, 0.1) is 11.8 Å². The fourth-order valence-electron chi connectivity index (χ4n) is 1.91. The van der Waals surface area contributed by atoms with E-state index in [2.05, 4.69) is 19.2 Å². The Morgan fingerprint density at radius 1 is 1.14 bits per heavy atom. The Labute approximate surface area is 127 Å². The second kappa shape index (κ2) is 8.67. The molecule has 0 aliphatic heterocycles. The third-order valence-electron chi connectivity index (χ3n) is 2.94. The van der Waals surface area contributed by atoms with Gasteiger partial charge in [0.05, 0.1) is 12.7 Å². The number of rotatable bonds is 8. The molecule has 0 saturated carbocycles. The summed E-state index contributed by atoms with van der Waals surface area (Å²) < 4.78 is 5.57. The summed E-state index contributed by atoms with van der Waals surface area (Å²) in [5.74, 6) is 1.47. The van der Waals surface area contributed by atoms with E-state index in [4.69, 9.17) is 4.74 Å². The van der Waals surface area contributed by atoms with E-state index in [9.17, 15) is 9.90 Å². The number of benzene rings is 1. The zero-order valence-electron chi connectivity index (χ0n) is 13.4. The van der Waals surface area contributed by atoms with Crippen molar-refractivity contribution in [2.45, 2.75) is 40.2 Å². The Balaban J connectivity index is 2.44. The fourth-order valence-corrected chi connectivity index (χ4v) is 1.91. The van der Waals surface area contributed by atoms with Crippen LogP contribution in [0.3, 0.4) is 0 Å². The van der Waals surface area contributed by atoms with E-state index in [1.165, 1.54) is 0 Å². The molecular weight excluding hydrogens is 266 g/mol. The maximum atomic E-state index is 11.9. The normalized spacial score (nSPS) is 12.5. The largest absolute Gasteiger partial charge is 0.493 e. The quantitative estimate of drug-likeness (QED) is 0.775. The lowest BCUT2D eigenvalue weighted by Gasteiger charge is -2.14. The summed E-state index contributed by atoms with van der Waals surface area (Å²) in [6.07, 6.45) is 0.185. The van der Waals surface area contributed by atoms with Gasteiger partial charge in [0.15, 0.2) is 0 Å². The zero-order chi connectivity index (χ0) is 15.8. The third kappa shape index (κ3) is 7.14. The number of amides is 1. The summed E-state index contributed by atoms with van der Waals surface area (Å²) in [5, 5.41) is 12.5. The second-order valence-electron chi connectivity index (χ2n) is 6.22. The number of aliphatic hydroxyl groups excluding tert-OH is 1. The first-order chi connectivity index (χ1) is 9.88. The maximum Gasteiger partial charge on any atom is 0.251 e. The molecule has 0 bridgehead atoms. The molecule has 0 spiro atoms. The van der Waals surface area contributed by atoms with Crippen molar-refractivity contribution < 1.29 is 14.6 Å². The summed E-state index contributed by atoms with van der Waals surface area (Å²) in [6, 6.07) is 7.06. The number of ether oxygens (including phenoxy) is 1. The standard InChI is InChI=1S/C17H27NO3/c1-12(2)9-15(19)10-18-17(20)14-5-7-16(8-6-14)21-11-13(3)4/h5-8,12-13,15,19H,9-11H2,1-4H3,(H,18,20). The second-order valence-corrected chi connectivity index (χ2v) is 6.22. The van der Waals surface area contributed by atoms with E-state index in [1.807, 2.05) is 13.8 Å². The molecule has 4 nitrogen and oxygen atoms in total. The molecule has 0 heterocycles. The van der Waals surface area contributed by atoms with Crippen LogP contribution in [0.15, 0.2) is 24.3 Å². The molecule has 1 unspecified atom stereocenters. The van der Waals surface area contributed by atoms with Crippen molar-refractivity contribution in [2.75, 3.05) is 13.2 Å². The van der Waals surface area contributed by atoms with Crippen molar-refractivity contribution in [3.05, 3.63) is 29.8 Å². The van der Waals surface area contributed by atoms with Gasteiger partial charge in [-0.25, -0.2) is 0 Å². The minimum absolute atomic E-state index is 0.173. The van der Waals surface area contributed by atoms with Crippen LogP contribution in [-0.2, 0) is 0 Å². The molecule has 1 rings (SSSR count). The molecular formula is C17H27NO3. The molecule has 4 heteroatoms. The Kier molecular flexibility index (Phi) is 7.23. The molecule has 0 radical (unpaired) electrons. The van der Waals surface area contributed by atoms with E-state index in [1.54, 1.807) is 24.3 Å². The Morgan fingerprint density at radius 3 is 2.29 bits per heavy atom. The van der Waals surface area contributed by atoms with Crippen LogP contribution in [0.4, 0.5) is 0 Å². The number of carbonyl (C=O) groups is 1. The highest BCUT2D eigenvalue weighted by atomic mass is 16.5. The van der Waals surface area contributed by atoms with Crippen LogP contribution < -0.4 is 10.1 Å². The molecule has 21 heavy (non-hydrogen) atoms. The predicted octanol–water partition coefficient (Wildman–Crippen LogP) is 2.86. The summed E-state index contributed by atoms with van der Waals surface area (Å²) in [5.41, 5.74) is 0.573. The number of hydrogen-bond acceptors (Lipinski definition) is 3. The molecule has 2 N–H and O–H groups in total. The number of nitrogens with one attached hydrogen (secondary N) is 1. The lowest BCUT2D eigenvalue weighted by atomic mass is 10.1. The molecule has 1 aromatic carbocycles. The summed E-state index contributed by atoms with van der Waals surface area (Å²) >= 11 is 0. The molecule has 1 aromatic rings. The fraction of sp³-hybridized carbons (Fsp3) is 0.588. The van der Waals surface area contributed by atoms with Gasteiger partial charge < -0.3 is 15.2 Å². The Morgan fingerprint density at radius 2 is 1.76 bits per heavy atom. The van der Waals surface area contributed by atoms with Gasteiger partial charge in [-0.2, -0.15) is 0 Å². The summed E-state index contributed by atoms with van der Waals surface area (Å²) in [4.78, 5) is 11.9. The van der Waals surface area contributed by atoms with Crippen molar-refractivity contribution in [2.24, 2.45) is 11.8 Å². The van der Waals surface area contributed by atoms with Crippen LogP contribution in [-0.4, -0.2) is 30.3 Å². The van der Waals surface area contributed by atoms with Crippen molar-refractivity contribution in [1.29, 1.82) is 0 Å². The molecule has 0 aromatic heterocycles. The lowest BCUT2D eigenvalue weighted by Crippen LogP contribution is -2.32. The van der Waals surface area contributed by atoms with Crippen LogP contribution in [0.25, 0.3) is 0 Å². The van der Waals surface area contributed by atoms with Gasteiger partial charge in [0.1, 0.15) is 5.75 Å². The first kappa shape index (κ1) is 17.5.